The number of benzene rings is 1. The highest BCUT2D eigenvalue weighted by atomic mass is 19.4. The molecule has 1 atom stereocenters. The molecular weight excluding hydrogens is 361 g/mol. The number of nitrogen functional groups attached to an aromatic ring is 1. The van der Waals surface area contributed by atoms with E-state index in [0.717, 1.165) is 25.0 Å². The number of amides is 1. The highest BCUT2D eigenvalue weighted by Gasteiger charge is 2.32. The average Bonchev–Trinajstić information content (AvgIpc) is 2.61. The molecule has 7 nitrogen and oxygen atoms in total. The summed E-state index contributed by atoms with van der Waals surface area (Å²) < 4.78 is 39.4. The Hall–Kier alpha value is -2.88. The number of anilines is 3. The number of alkyl halides is 3. The second-order valence-electron chi connectivity index (χ2n) is 6.32. The van der Waals surface area contributed by atoms with Crippen LogP contribution in [0.4, 0.5) is 30.4 Å². The van der Waals surface area contributed by atoms with Crippen molar-refractivity contribution in [2.75, 3.05) is 29.0 Å². The normalized spacial score (nSPS) is 17.6. The standard InChI is InChI=1S/C17H19F3N6O/c18-17(19,20)10-3-4-13(26-7-1-2-11(21)9-26)12(8-10)25-16(27)14-15(22)24-6-5-23-14/h3-6,8,11H,1-2,7,9,21H2,(H2,22,24)(H,25,27). The van der Waals surface area contributed by atoms with Crippen molar-refractivity contribution in [3.8, 4) is 0 Å². The van der Waals surface area contributed by atoms with E-state index in [1.807, 2.05) is 4.90 Å². The first-order valence-electron chi connectivity index (χ1n) is 8.35. The third-order valence-corrected chi connectivity index (χ3v) is 4.31. The van der Waals surface area contributed by atoms with Gasteiger partial charge in [0.25, 0.3) is 5.91 Å². The summed E-state index contributed by atoms with van der Waals surface area (Å²) in [7, 11) is 0. The summed E-state index contributed by atoms with van der Waals surface area (Å²) in [4.78, 5) is 22.0. The topological polar surface area (TPSA) is 110 Å². The summed E-state index contributed by atoms with van der Waals surface area (Å²) in [6.07, 6.45) is -0.289. The Labute approximate surface area is 153 Å². The van der Waals surface area contributed by atoms with Crippen LogP contribution in [0, 0.1) is 0 Å². The maximum absolute atomic E-state index is 13.1. The third kappa shape index (κ3) is 4.27. The molecule has 1 aromatic heterocycles. The van der Waals surface area contributed by atoms with Crippen LogP contribution in [0.2, 0.25) is 0 Å². The lowest BCUT2D eigenvalue weighted by atomic mass is 10.0. The first-order chi connectivity index (χ1) is 12.8. The van der Waals surface area contributed by atoms with E-state index in [-0.39, 0.29) is 23.2 Å². The van der Waals surface area contributed by atoms with Gasteiger partial charge in [0.1, 0.15) is 0 Å². The van der Waals surface area contributed by atoms with E-state index in [9.17, 15) is 18.0 Å². The molecule has 0 saturated carbocycles. The molecule has 1 saturated heterocycles. The van der Waals surface area contributed by atoms with Crippen LogP contribution < -0.4 is 21.7 Å². The van der Waals surface area contributed by atoms with Crippen LogP contribution in [-0.2, 0) is 6.18 Å². The van der Waals surface area contributed by atoms with Crippen molar-refractivity contribution in [3.05, 3.63) is 41.9 Å². The highest BCUT2D eigenvalue weighted by Crippen LogP contribution is 2.36. The van der Waals surface area contributed by atoms with Gasteiger partial charge in [-0.3, -0.25) is 4.79 Å². The van der Waals surface area contributed by atoms with Crippen molar-refractivity contribution >= 4 is 23.1 Å². The minimum Gasteiger partial charge on any atom is -0.382 e. The van der Waals surface area contributed by atoms with Crippen LogP contribution in [0.5, 0.6) is 0 Å². The zero-order valence-electron chi connectivity index (χ0n) is 14.3. The van der Waals surface area contributed by atoms with Crippen LogP contribution in [0.1, 0.15) is 28.9 Å². The molecule has 27 heavy (non-hydrogen) atoms. The fourth-order valence-electron chi connectivity index (χ4n) is 3.02. The smallest absolute Gasteiger partial charge is 0.382 e. The molecule has 0 bridgehead atoms. The predicted octanol–water partition coefficient (Wildman–Crippen LogP) is 2.26. The number of piperidine rings is 1. The Balaban J connectivity index is 1.97. The van der Waals surface area contributed by atoms with E-state index < -0.39 is 17.6 Å². The molecule has 1 fully saturated rings. The van der Waals surface area contributed by atoms with Crippen molar-refractivity contribution in [1.29, 1.82) is 0 Å². The number of nitrogens with two attached hydrogens (primary N) is 2. The maximum atomic E-state index is 13.1. The van der Waals surface area contributed by atoms with Gasteiger partial charge in [0.2, 0.25) is 0 Å². The second-order valence-corrected chi connectivity index (χ2v) is 6.32. The number of hydrogen-bond acceptors (Lipinski definition) is 6. The van der Waals surface area contributed by atoms with Gasteiger partial charge in [0, 0.05) is 31.5 Å². The van der Waals surface area contributed by atoms with Gasteiger partial charge in [0.15, 0.2) is 11.5 Å². The summed E-state index contributed by atoms with van der Waals surface area (Å²) >= 11 is 0. The van der Waals surface area contributed by atoms with Gasteiger partial charge in [-0.15, -0.1) is 0 Å². The molecule has 1 aliphatic heterocycles. The van der Waals surface area contributed by atoms with E-state index in [2.05, 4.69) is 15.3 Å². The summed E-state index contributed by atoms with van der Waals surface area (Å²) in [5.41, 5.74) is 11.1. The minimum absolute atomic E-state index is 0.0222. The molecule has 1 aliphatic rings. The summed E-state index contributed by atoms with van der Waals surface area (Å²) in [5, 5.41) is 2.49. The summed E-state index contributed by atoms with van der Waals surface area (Å²) in [6, 6.07) is 3.15. The number of halogens is 3. The SMILES string of the molecule is Nc1nccnc1C(=O)Nc1cc(C(F)(F)F)ccc1N1CCCC(N)C1. The Kier molecular flexibility index (Phi) is 5.17. The molecule has 2 heterocycles. The number of hydrogen-bond donors (Lipinski definition) is 3. The van der Waals surface area contributed by atoms with Gasteiger partial charge in [0.05, 0.1) is 16.9 Å². The maximum Gasteiger partial charge on any atom is 0.416 e. The molecule has 1 aromatic carbocycles. The molecule has 1 amide bonds. The molecule has 0 radical (unpaired) electrons. The first kappa shape index (κ1) is 18.9. The van der Waals surface area contributed by atoms with Crippen molar-refractivity contribution in [2.24, 2.45) is 5.73 Å². The number of nitrogens with zero attached hydrogens (tertiary/aromatic N) is 3. The van der Waals surface area contributed by atoms with Crippen molar-refractivity contribution in [2.45, 2.75) is 25.1 Å². The quantitative estimate of drug-likeness (QED) is 0.753. The average molecular weight is 380 g/mol. The zero-order valence-corrected chi connectivity index (χ0v) is 14.3. The number of carbonyl (C=O) groups excluding carboxylic acids is 1. The predicted molar refractivity (Wildman–Crippen MR) is 95.3 cm³/mol. The molecule has 144 valence electrons. The van der Waals surface area contributed by atoms with Crippen LogP contribution >= 0.6 is 0 Å². The van der Waals surface area contributed by atoms with Crippen molar-refractivity contribution < 1.29 is 18.0 Å². The number of aromatic nitrogens is 2. The Bertz CT molecular complexity index is 842. The fourth-order valence-corrected chi connectivity index (χ4v) is 3.02. The highest BCUT2D eigenvalue weighted by molar-refractivity contribution is 6.07. The molecular formula is C17H19F3N6O. The minimum atomic E-state index is -4.54. The molecule has 0 aliphatic carbocycles. The van der Waals surface area contributed by atoms with Gasteiger partial charge in [-0.2, -0.15) is 13.2 Å². The Morgan fingerprint density at radius 1 is 1.26 bits per heavy atom. The zero-order chi connectivity index (χ0) is 19.6. The molecule has 0 spiro atoms. The van der Waals surface area contributed by atoms with Crippen molar-refractivity contribution in [1.82, 2.24) is 9.97 Å². The van der Waals surface area contributed by atoms with E-state index in [4.69, 9.17) is 11.5 Å². The Morgan fingerprint density at radius 2 is 2.00 bits per heavy atom. The van der Waals surface area contributed by atoms with Crippen LogP contribution in [0.15, 0.2) is 30.6 Å². The van der Waals surface area contributed by atoms with Crippen LogP contribution in [-0.4, -0.2) is 35.0 Å². The number of rotatable bonds is 3. The second kappa shape index (κ2) is 7.39. The van der Waals surface area contributed by atoms with E-state index in [1.165, 1.54) is 18.5 Å². The molecule has 5 N–H and O–H groups in total. The van der Waals surface area contributed by atoms with Crippen LogP contribution in [0.3, 0.4) is 0 Å². The lowest BCUT2D eigenvalue weighted by molar-refractivity contribution is -0.137. The largest absolute Gasteiger partial charge is 0.416 e. The van der Waals surface area contributed by atoms with E-state index in [1.54, 1.807) is 0 Å². The van der Waals surface area contributed by atoms with E-state index in [0.29, 0.717) is 18.8 Å². The van der Waals surface area contributed by atoms with Gasteiger partial charge in [-0.1, -0.05) is 0 Å². The first-order valence-corrected chi connectivity index (χ1v) is 8.35. The molecule has 3 rings (SSSR count). The summed E-state index contributed by atoms with van der Waals surface area (Å²) in [5.74, 6) is -0.842. The lowest BCUT2D eigenvalue weighted by Crippen LogP contribution is -2.43. The lowest BCUT2D eigenvalue weighted by Gasteiger charge is -2.34. The van der Waals surface area contributed by atoms with Crippen molar-refractivity contribution in [3.63, 3.8) is 0 Å². The van der Waals surface area contributed by atoms with Gasteiger partial charge < -0.3 is 21.7 Å². The Morgan fingerprint density at radius 3 is 2.67 bits per heavy atom. The molecule has 2 aromatic rings. The van der Waals surface area contributed by atoms with Gasteiger partial charge in [-0.25, -0.2) is 9.97 Å². The molecule has 10 heteroatoms. The number of carbonyl (C=O) groups is 1. The fraction of sp³-hybridized carbons (Fsp3) is 0.353. The summed E-state index contributed by atoms with van der Waals surface area (Å²) in [6.45, 7) is 1.12. The van der Waals surface area contributed by atoms with E-state index >= 15 is 0 Å². The van der Waals surface area contributed by atoms with Gasteiger partial charge >= 0.3 is 6.18 Å². The van der Waals surface area contributed by atoms with Gasteiger partial charge in [-0.05, 0) is 31.0 Å². The monoisotopic (exact) mass is 380 g/mol. The third-order valence-electron chi connectivity index (χ3n) is 4.31. The number of nitrogens with one attached hydrogen (secondary N) is 1. The molecule has 1 unspecified atom stereocenters. The van der Waals surface area contributed by atoms with Crippen LogP contribution in [0.25, 0.3) is 0 Å².